The highest BCUT2D eigenvalue weighted by Gasteiger charge is 2.17. The van der Waals surface area contributed by atoms with Gasteiger partial charge in [0.1, 0.15) is 0 Å². The molecule has 0 saturated carbocycles. The van der Waals surface area contributed by atoms with Crippen molar-refractivity contribution in [3.63, 3.8) is 0 Å². The fraction of sp³-hybridized carbons (Fsp3) is 0.300. The molecule has 2 N–H and O–H groups in total. The summed E-state index contributed by atoms with van der Waals surface area (Å²) in [4.78, 5) is 24.8. The van der Waals surface area contributed by atoms with Crippen molar-refractivity contribution >= 4 is 29.3 Å². The van der Waals surface area contributed by atoms with Crippen molar-refractivity contribution in [2.24, 2.45) is 0 Å². The minimum Gasteiger partial charge on any atom is -0.383 e. The zero-order valence-electron chi connectivity index (χ0n) is 15.0. The standard InChI is InChI=1S/C20H24N2O3S/c1-15(26-14-16-8-4-3-5-9-16)19(23)22-18-11-7-6-10-17(18)20(24)21-12-13-25-2/h3-11,15H,12-14H2,1-2H3,(H,21,24)(H,22,23). The first-order valence-corrected chi connectivity index (χ1v) is 9.49. The predicted octanol–water partition coefficient (Wildman–Crippen LogP) is 3.32. The molecule has 0 saturated heterocycles. The van der Waals surface area contributed by atoms with Crippen LogP contribution in [0.25, 0.3) is 0 Å². The number of benzene rings is 2. The van der Waals surface area contributed by atoms with Gasteiger partial charge in [-0.25, -0.2) is 0 Å². The second kappa shape index (κ2) is 10.6. The van der Waals surface area contributed by atoms with E-state index >= 15 is 0 Å². The van der Waals surface area contributed by atoms with E-state index in [0.29, 0.717) is 24.4 Å². The summed E-state index contributed by atoms with van der Waals surface area (Å²) in [5, 5.41) is 5.40. The lowest BCUT2D eigenvalue weighted by molar-refractivity contribution is -0.115. The molecule has 2 amide bonds. The molecule has 0 radical (unpaired) electrons. The first kappa shape index (κ1) is 20.0. The van der Waals surface area contributed by atoms with Gasteiger partial charge < -0.3 is 15.4 Å². The maximum atomic E-state index is 12.5. The Balaban J connectivity index is 1.94. The molecule has 26 heavy (non-hydrogen) atoms. The van der Waals surface area contributed by atoms with Crippen molar-refractivity contribution in [3.8, 4) is 0 Å². The number of carbonyl (C=O) groups excluding carboxylic acids is 2. The molecule has 0 spiro atoms. The molecular formula is C20H24N2O3S. The molecule has 5 nitrogen and oxygen atoms in total. The Labute approximate surface area is 158 Å². The van der Waals surface area contributed by atoms with Crippen LogP contribution in [0.15, 0.2) is 54.6 Å². The molecule has 2 aromatic rings. The summed E-state index contributed by atoms with van der Waals surface area (Å²) in [6, 6.07) is 17.0. The smallest absolute Gasteiger partial charge is 0.253 e. The fourth-order valence-corrected chi connectivity index (χ4v) is 3.10. The number of thioether (sulfide) groups is 1. The van der Waals surface area contributed by atoms with E-state index in [9.17, 15) is 9.59 Å². The minimum absolute atomic E-state index is 0.122. The Bertz CT molecular complexity index is 722. The topological polar surface area (TPSA) is 67.4 Å². The highest BCUT2D eigenvalue weighted by atomic mass is 32.2. The number of para-hydroxylation sites is 1. The normalized spacial score (nSPS) is 11.6. The molecule has 0 fully saturated rings. The summed E-state index contributed by atoms with van der Waals surface area (Å²) in [6.45, 7) is 2.72. The Morgan fingerprint density at radius 3 is 2.50 bits per heavy atom. The van der Waals surface area contributed by atoms with Crippen molar-refractivity contribution in [1.82, 2.24) is 5.32 Å². The van der Waals surface area contributed by atoms with E-state index < -0.39 is 0 Å². The van der Waals surface area contributed by atoms with Gasteiger partial charge in [-0.15, -0.1) is 11.8 Å². The largest absolute Gasteiger partial charge is 0.383 e. The molecule has 0 bridgehead atoms. The molecule has 2 rings (SSSR count). The van der Waals surface area contributed by atoms with Gasteiger partial charge in [0.05, 0.1) is 23.1 Å². The van der Waals surface area contributed by atoms with E-state index in [4.69, 9.17) is 4.74 Å². The number of hydrogen-bond acceptors (Lipinski definition) is 4. The molecular weight excluding hydrogens is 348 g/mol. The average Bonchev–Trinajstić information content (AvgIpc) is 2.67. The monoisotopic (exact) mass is 372 g/mol. The lowest BCUT2D eigenvalue weighted by Gasteiger charge is -2.15. The Morgan fingerprint density at radius 1 is 1.08 bits per heavy atom. The molecule has 1 atom stereocenters. The summed E-state index contributed by atoms with van der Waals surface area (Å²) in [5.41, 5.74) is 2.13. The Kier molecular flexibility index (Phi) is 8.18. The van der Waals surface area contributed by atoms with Gasteiger partial charge in [0.25, 0.3) is 5.91 Å². The van der Waals surface area contributed by atoms with E-state index in [1.165, 1.54) is 5.56 Å². The second-order valence-corrected chi connectivity index (χ2v) is 7.05. The molecule has 0 heterocycles. The number of ether oxygens (including phenoxy) is 1. The van der Waals surface area contributed by atoms with Crippen LogP contribution in [0.3, 0.4) is 0 Å². The van der Waals surface area contributed by atoms with Crippen LogP contribution in [0.1, 0.15) is 22.8 Å². The summed E-state index contributed by atoms with van der Waals surface area (Å²) in [6.07, 6.45) is 0. The van der Waals surface area contributed by atoms with Gasteiger partial charge in [0.2, 0.25) is 5.91 Å². The van der Waals surface area contributed by atoms with Crippen LogP contribution < -0.4 is 10.6 Å². The van der Waals surface area contributed by atoms with Crippen molar-refractivity contribution in [3.05, 3.63) is 65.7 Å². The van der Waals surface area contributed by atoms with Gasteiger partial charge in [0.15, 0.2) is 0 Å². The molecule has 0 aliphatic carbocycles. The lowest BCUT2D eigenvalue weighted by atomic mass is 10.1. The summed E-state index contributed by atoms with van der Waals surface area (Å²) in [5.74, 6) is 0.403. The van der Waals surface area contributed by atoms with Gasteiger partial charge in [-0.2, -0.15) is 0 Å². The van der Waals surface area contributed by atoms with Crippen LogP contribution in [0.4, 0.5) is 5.69 Å². The van der Waals surface area contributed by atoms with Crippen molar-refractivity contribution in [2.75, 3.05) is 25.6 Å². The Morgan fingerprint density at radius 2 is 1.77 bits per heavy atom. The van der Waals surface area contributed by atoms with Crippen molar-refractivity contribution < 1.29 is 14.3 Å². The van der Waals surface area contributed by atoms with E-state index in [-0.39, 0.29) is 17.1 Å². The molecule has 0 aliphatic rings. The second-order valence-electron chi connectivity index (χ2n) is 5.72. The van der Waals surface area contributed by atoms with Gasteiger partial charge in [0, 0.05) is 19.4 Å². The third kappa shape index (κ3) is 6.20. The Hall–Kier alpha value is -2.31. The maximum Gasteiger partial charge on any atom is 0.253 e. The molecule has 138 valence electrons. The van der Waals surface area contributed by atoms with Gasteiger partial charge in [-0.1, -0.05) is 42.5 Å². The van der Waals surface area contributed by atoms with Crippen molar-refractivity contribution in [2.45, 2.75) is 17.9 Å². The third-order valence-electron chi connectivity index (χ3n) is 3.73. The van der Waals surface area contributed by atoms with Crippen LogP contribution in [-0.4, -0.2) is 37.3 Å². The molecule has 0 aliphatic heterocycles. The quantitative estimate of drug-likeness (QED) is 0.663. The van der Waals surface area contributed by atoms with E-state index in [0.717, 1.165) is 5.75 Å². The first-order chi connectivity index (χ1) is 12.6. The lowest BCUT2D eigenvalue weighted by Crippen LogP contribution is -2.29. The molecule has 6 heteroatoms. The molecule has 1 unspecified atom stereocenters. The summed E-state index contributed by atoms with van der Waals surface area (Å²) in [7, 11) is 1.58. The number of methoxy groups -OCH3 is 1. The number of carbonyl (C=O) groups is 2. The minimum atomic E-state index is -0.236. The van der Waals surface area contributed by atoms with Crippen molar-refractivity contribution in [1.29, 1.82) is 0 Å². The van der Waals surface area contributed by atoms with E-state index in [1.807, 2.05) is 37.3 Å². The number of rotatable bonds is 9. The maximum absolute atomic E-state index is 12.5. The summed E-state index contributed by atoms with van der Waals surface area (Å²) < 4.78 is 4.93. The predicted molar refractivity (Wildman–Crippen MR) is 106 cm³/mol. The number of amides is 2. The van der Waals surface area contributed by atoms with Crippen LogP contribution >= 0.6 is 11.8 Å². The van der Waals surface area contributed by atoms with Crippen LogP contribution in [0.2, 0.25) is 0 Å². The van der Waals surface area contributed by atoms with Crippen LogP contribution in [0.5, 0.6) is 0 Å². The highest BCUT2D eigenvalue weighted by Crippen LogP contribution is 2.21. The zero-order chi connectivity index (χ0) is 18.8. The van der Waals surface area contributed by atoms with Gasteiger partial charge in [-0.05, 0) is 24.6 Å². The van der Waals surface area contributed by atoms with E-state index in [2.05, 4.69) is 10.6 Å². The number of nitrogens with one attached hydrogen (secondary N) is 2. The molecule has 0 aromatic heterocycles. The number of hydrogen-bond donors (Lipinski definition) is 2. The van der Waals surface area contributed by atoms with Gasteiger partial charge >= 0.3 is 0 Å². The van der Waals surface area contributed by atoms with Crippen LogP contribution in [0, 0.1) is 0 Å². The van der Waals surface area contributed by atoms with Gasteiger partial charge in [-0.3, -0.25) is 9.59 Å². The first-order valence-electron chi connectivity index (χ1n) is 8.44. The average molecular weight is 372 g/mol. The highest BCUT2D eigenvalue weighted by molar-refractivity contribution is 7.99. The number of anilines is 1. The third-order valence-corrected chi connectivity index (χ3v) is 4.95. The fourth-order valence-electron chi connectivity index (χ4n) is 2.26. The SMILES string of the molecule is COCCNC(=O)c1ccccc1NC(=O)C(C)SCc1ccccc1. The van der Waals surface area contributed by atoms with Crippen LogP contribution in [-0.2, 0) is 15.3 Å². The zero-order valence-corrected chi connectivity index (χ0v) is 15.8. The van der Waals surface area contributed by atoms with E-state index in [1.54, 1.807) is 43.1 Å². The molecule has 2 aromatic carbocycles. The summed E-state index contributed by atoms with van der Waals surface area (Å²) >= 11 is 1.56.